The second kappa shape index (κ2) is 5.97. The van der Waals surface area contributed by atoms with Gasteiger partial charge >= 0.3 is 0 Å². The third-order valence-corrected chi connectivity index (χ3v) is 4.43. The quantitative estimate of drug-likeness (QED) is 0.586. The lowest BCUT2D eigenvalue weighted by atomic mass is 10.1. The van der Waals surface area contributed by atoms with E-state index in [0.717, 1.165) is 11.1 Å². The number of rotatable bonds is 6. The van der Waals surface area contributed by atoms with Gasteiger partial charge in [-0.3, -0.25) is 0 Å². The van der Waals surface area contributed by atoms with Gasteiger partial charge in [0.05, 0.1) is 0 Å². The van der Waals surface area contributed by atoms with Crippen molar-refractivity contribution in [3.63, 3.8) is 0 Å². The maximum Gasteiger partial charge on any atom is 0.187 e. The van der Waals surface area contributed by atoms with Gasteiger partial charge in [0.2, 0.25) is 0 Å². The monoisotopic (exact) mass is 280 g/mol. The molecule has 18 heavy (non-hydrogen) atoms. The molecule has 1 aromatic carbocycles. The second-order valence-corrected chi connectivity index (χ2v) is 10.7. The predicted molar refractivity (Wildman–Crippen MR) is 83.8 cm³/mol. The minimum atomic E-state index is -1.66. The maximum absolute atomic E-state index is 6.25. The van der Waals surface area contributed by atoms with Gasteiger partial charge in [-0.1, -0.05) is 43.5 Å². The molecule has 0 saturated carbocycles. The standard InChI is InChI=1S/C14H24O2Si2/c1-7-12-8-10-13(11-9-12)14(2,15-17-3)16-18(4,5)6/h7-11H,1,17H2,2-6H3. The maximum atomic E-state index is 6.25. The van der Waals surface area contributed by atoms with Crippen LogP contribution in [0.15, 0.2) is 30.8 Å². The Labute approximate surface area is 114 Å². The van der Waals surface area contributed by atoms with E-state index in [1.807, 2.05) is 13.0 Å². The van der Waals surface area contributed by atoms with Crippen LogP contribution in [0.4, 0.5) is 0 Å². The molecule has 0 N–H and O–H groups in total. The molecule has 0 radical (unpaired) electrons. The first-order valence-electron chi connectivity index (χ1n) is 6.38. The zero-order chi connectivity index (χ0) is 13.8. The Kier molecular flexibility index (Phi) is 5.10. The van der Waals surface area contributed by atoms with Crippen molar-refractivity contribution in [1.29, 1.82) is 0 Å². The average Bonchev–Trinajstić information content (AvgIpc) is 2.27. The van der Waals surface area contributed by atoms with E-state index >= 15 is 0 Å². The lowest BCUT2D eigenvalue weighted by Gasteiger charge is -2.36. The molecular weight excluding hydrogens is 256 g/mol. The molecule has 1 rings (SSSR count). The van der Waals surface area contributed by atoms with E-state index in [0.29, 0.717) is 0 Å². The van der Waals surface area contributed by atoms with Crippen molar-refractivity contribution < 1.29 is 8.85 Å². The summed E-state index contributed by atoms with van der Waals surface area (Å²) in [4.78, 5) is 0. The lowest BCUT2D eigenvalue weighted by molar-refractivity contribution is -0.111. The summed E-state index contributed by atoms with van der Waals surface area (Å²) in [5.74, 6) is -0.592. The van der Waals surface area contributed by atoms with Gasteiger partial charge < -0.3 is 8.85 Å². The van der Waals surface area contributed by atoms with Gasteiger partial charge in [0.1, 0.15) is 0 Å². The van der Waals surface area contributed by atoms with Crippen LogP contribution in [0.2, 0.25) is 26.2 Å². The fraction of sp³-hybridized carbons (Fsp3) is 0.429. The van der Waals surface area contributed by atoms with Crippen LogP contribution in [-0.4, -0.2) is 18.1 Å². The molecular formula is C14H24O2Si2. The van der Waals surface area contributed by atoms with Gasteiger partial charge in [0.25, 0.3) is 0 Å². The highest BCUT2D eigenvalue weighted by atomic mass is 28.4. The van der Waals surface area contributed by atoms with Gasteiger partial charge in [-0.05, 0) is 32.1 Å². The van der Waals surface area contributed by atoms with Crippen molar-refractivity contribution in [2.45, 2.75) is 38.9 Å². The molecule has 0 heterocycles. The summed E-state index contributed by atoms with van der Waals surface area (Å²) >= 11 is 0. The molecule has 0 saturated heterocycles. The minimum Gasteiger partial charge on any atom is -0.395 e. The molecule has 1 atom stereocenters. The lowest BCUT2D eigenvalue weighted by Crippen LogP contribution is -2.41. The first-order valence-corrected chi connectivity index (χ1v) is 11.8. The van der Waals surface area contributed by atoms with Gasteiger partial charge in [0, 0.05) is 5.56 Å². The fourth-order valence-electron chi connectivity index (χ4n) is 1.95. The summed E-state index contributed by atoms with van der Waals surface area (Å²) in [7, 11) is -2.20. The summed E-state index contributed by atoms with van der Waals surface area (Å²) in [5.41, 5.74) is 2.20. The first kappa shape index (κ1) is 15.4. The molecule has 100 valence electrons. The third-order valence-electron chi connectivity index (χ3n) is 2.59. The molecule has 0 aliphatic rings. The summed E-state index contributed by atoms with van der Waals surface area (Å²) < 4.78 is 12.2. The van der Waals surface area contributed by atoms with E-state index in [1.54, 1.807) is 0 Å². The normalized spacial score (nSPS) is 15.8. The van der Waals surface area contributed by atoms with Crippen molar-refractivity contribution in [1.82, 2.24) is 0 Å². The van der Waals surface area contributed by atoms with Crippen LogP contribution in [0, 0.1) is 0 Å². The number of benzene rings is 1. The smallest absolute Gasteiger partial charge is 0.187 e. The first-order chi connectivity index (χ1) is 8.30. The van der Waals surface area contributed by atoms with Crippen molar-refractivity contribution in [2.75, 3.05) is 0 Å². The van der Waals surface area contributed by atoms with Crippen LogP contribution < -0.4 is 0 Å². The summed E-state index contributed by atoms with van der Waals surface area (Å²) in [6.45, 7) is 14.5. The van der Waals surface area contributed by atoms with Crippen LogP contribution in [-0.2, 0) is 14.6 Å². The highest BCUT2D eigenvalue weighted by Gasteiger charge is 2.33. The minimum absolute atomic E-state index is 0.541. The van der Waals surface area contributed by atoms with Crippen LogP contribution in [0.5, 0.6) is 0 Å². The van der Waals surface area contributed by atoms with Crippen LogP contribution in [0.25, 0.3) is 6.08 Å². The molecule has 0 bridgehead atoms. The van der Waals surface area contributed by atoms with Gasteiger partial charge in [0.15, 0.2) is 23.9 Å². The zero-order valence-corrected chi connectivity index (χ0v) is 14.5. The summed E-state index contributed by atoms with van der Waals surface area (Å²) in [6.07, 6.45) is 1.84. The molecule has 0 fully saturated rings. The van der Waals surface area contributed by atoms with Crippen molar-refractivity contribution in [2.24, 2.45) is 0 Å². The van der Waals surface area contributed by atoms with Gasteiger partial charge in [-0.15, -0.1) is 0 Å². The molecule has 2 nitrogen and oxygen atoms in total. The van der Waals surface area contributed by atoms with Gasteiger partial charge in [-0.2, -0.15) is 0 Å². The summed E-state index contributed by atoms with van der Waals surface area (Å²) in [5, 5.41) is 0. The topological polar surface area (TPSA) is 18.5 Å². The van der Waals surface area contributed by atoms with Crippen LogP contribution >= 0.6 is 0 Å². The predicted octanol–water partition coefficient (Wildman–Crippen LogP) is 3.50. The molecule has 0 aliphatic heterocycles. The second-order valence-electron chi connectivity index (χ2n) is 5.42. The van der Waals surface area contributed by atoms with Gasteiger partial charge in [-0.25, -0.2) is 0 Å². The van der Waals surface area contributed by atoms with Crippen LogP contribution in [0.1, 0.15) is 18.1 Å². The van der Waals surface area contributed by atoms with E-state index in [4.69, 9.17) is 8.85 Å². The van der Waals surface area contributed by atoms with Crippen LogP contribution in [0.3, 0.4) is 0 Å². The van der Waals surface area contributed by atoms with Crippen molar-refractivity contribution >= 4 is 24.2 Å². The molecule has 0 aromatic heterocycles. The largest absolute Gasteiger partial charge is 0.395 e. The van der Waals surface area contributed by atoms with E-state index in [-0.39, 0.29) is 0 Å². The molecule has 1 unspecified atom stereocenters. The highest BCUT2D eigenvalue weighted by Crippen LogP contribution is 2.30. The molecule has 4 heteroatoms. The molecule has 1 aromatic rings. The molecule has 0 aliphatic carbocycles. The highest BCUT2D eigenvalue weighted by molar-refractivity contribution is 6.69. The Morgan fingerprint density at radius 2 is 1.78 bits per heavy atom. The molecule has 0 amide bonds. The van der Waals surface area contributed by atoms with Crippen molar-refractivity contribution in [3.8, 4) is 0 Å². The van der Waals surface area contributed by atoms with E-state index < -0.39 is 23.9 Å². The number of hydrogen-bond donors (Lipinski definition) is 0. The van der Waals surface area contributed by atoms with Crippen molar-refractivity contribution in [3.05, 3.63) is 42.0 Å². The third kappa shape index (κ3) is 4.21. The molecule has 0 spiro atoms. The Hall–Kier alpha value is -0.686. The van der Waals surface area contributed by atoms with E-state index in [1.165, 1.54) is 0 Å². The SMILES string of the molecule is C=Cc1ccc(C(C)(O[SiH2]C)O[Si](C)(C)C)cc1. The number of hydrogen-bond acceptors (Lipinski definition) is 2. The zero-order valence-electron chi connectivity index (χ0n) is 12.1. The Balaban J connectivity index is 3.05. The Morgan fingerprint density at radius 3 is 2.17 bits per heavy atom. The van der Waals surface area contributed by atoms with E-state index in [2.05, 4.69) is 57.0 Å². The Morgan fingerprint density at radius 1 is 1.22 bits per heavy atom. The van der Waals surface area contributed by atoms with E-state index in [9.17, 15) is 0 Å². The average molecular weight is 281 g/mol. The fourth-order valence-corrected chi connectivity index (χ4v) is 4.19. The summed E-state index contributed by atoms with van der Waals surface area (Å²) in [6, 6.07) is 8.24. The Bertz CT molecular complexity index is 395.